The summed E-state index contributed by atoms with van der Waals surface area (Å²) in [6, 6.07) is -0.0258. The minimum Gasteiger partial charge on any atom is -0.293 e. The fourth-order valence-electron chi connectivity index (χ4n) is 2.68. The molecule has 20 heavy (non-hydrogen) atoms. The van der Waals surface area contributed by atoms with Gasteiger partial charge in [-0.2, -0.15) is 13.2 Å². The first-order chi connectivity index (χ1) is 9.45. The second-order valence-corrected chi connectivity index (χ2v) is 6.27. The number of aromatic nitrogens is 1. The fraction of sp³-hybridized carbons (Fsp3) is 0.769. The molecule has 2 nitrogen and oxygen atoms in total. The Balaban J connectivity index is 2.11. The minimum absolute atomic E-state index is 0.0258. The molecule has 0 saturated carbocycles. The van der Waals surface area contributed by atoms with Gasteiger partial charge in [0.2, 0.25) is 0 Å². The standard InChI is InChI=1S/C13H18ClF3N2S/c1-2-11(12-18-10(6-14)8-20-12)19-5-3-4-9(7-19)13(15,16)17/h8-9,11H,2-7H2,1H3. The van der Waals surface area contributed by atoms with Gasteiger partial charge >= 0.3 is 6.18 Å². The van der Waals surface area contributed by atoms with Gasteiger partial charge in [0, 0.05) is 11.9 Å². The van der Waals surface area contributed by atoms with Gasteiger partial charge in [-0.3, -0.25) is 4.90 Å². The molecule has 0 amide bonds. The van der Waals surface area contributed by atoms with Gasteiger partial charge in [-0.15, -0.1) is 22.9 Å². The van der Waals surface area contributed by atoms with E-state index in [1.807, 2.05) is 17.2 Å². The topological polar surface area (TPSA) is 16.1 Å². The van der Waals surface area contributed by atoms with Crippen molar-refractivity contribution in [2.24, 2.45) is 5.92 Å². The summed E-state index contributed by atoms with van der Waals surface area (Å²) in [5.74, 6) is -0.865. The molecule has 2 rings (SSSR count). The summed E-state index contributed by atoms with van der Waals surface area (Å²) in [7, 11) is 0. The minimum atomic E-state index is -4.10. The van der Waals surface area contributed by atoms with Crippen LogP contribution >= 0.6 is 22.9 Å². The molecular formula is C13H18ClF3N2S. The summed E-state index contributed by atoms with van der Waals surface area (Å²) in [5, 5.41) is 2.77. The summed E-state index contributed by atoms with van der Waals surface area (Å²) < 4.78 is 38.7. The van der Waals surface area contributed by atoms with Gasteiger partial charge in [-0.05, 0) is 25.8 Å². The molecule has 2 atom stereocenters. The first kappa shape index (κ1) is 16.0. The van der Waals surface area contributed by atoms with E-state index in [9.17, 15) is 13.2 Å². The lowest BCUT2D eigenvalue weighted by atomic mass is 9.96. The van der Waals surface area contributed by atoms with Crippen molar-refractivity contribution in [2.45, 2.75) is 44.3 Å². The molecule has 0 aromatic carbocycles. The molecule has 0 spiro atoms. The molecule has 0 radical (unpaired) electrons. The lowest BCUT2D eigenvalue weighted by Crippen LogP contribution is -2.43. The maximum atomic E-state index is 12.9. The van der Waals surface area contributed by atoms with Crippen LogP contribution in [-0.2, 0) is 5.88 Å². The number of piperidine rings is 1. The Morgan fingerprint density at radius 3 is 2.85 bits per heavy atom. The summed E-state index contributed by atoms with van der Waals surface area (Å²) in [5.41, 5.74) is 0.800. The van der Waals surface area contributed by atoms with Gasteiger partial charge in [-0.25, -0.2) is 4.98 Å². The Labute approximate surface area is 125 Å². The normalized spacial score (nSPS) is 22.9. The summed E-state index contributed by atoms with van der Waals surface area (Å²) >= 11 is 7.23. The van der Waals surface area contributed by atoms with Crippen molar-refractivity contribution in [2.75, 3.05) is 13.1 Å². The third kappa shape index (κ3) is 3.65. The Bertz CT molecular complexity index is 435. The van der Waals surface area contributed by atoms with E-state index >= 15 is 0 Å². The van der Waals surface area contributed by atoms with Gasteiger partial charge in [0.25, 0.3) is 0 Å². The third-order valence-electron chi connectivity index (χ3n) is 3.73. The van der Waals surface area contributed by atoms with E-state index in [0.29, 0.717) is 18.8 Å². The van der Waals surface area contributed by atoms with Gasteiger partial charge in [-0.1, -0.05) is 6.92 Å². The van der Waals surface area contributed by atoms with Crippen LogP contribution in [-0.4, -0.2) is 29.1 Å². The van der Waals surface area contributed by atoms with Crippen LogP contribution in [0.4, 0.5) is 13.2 Å². The largest absolute Gasteiger partial charge is 0.393 e. The zero-order valence-corrected chi connectivity index (χ0v) is 12.9. The molecule has 1 fully saturated rings. The lowest BCUT2D eigenvalue weighted by molar-refractivity contribution is -0.188. The Morgan fingerprint density at radius 1 is 1.55 bits per heavy atom. The highest BCUT2D eigenvalue weighted by atomic mass is 35.5. The predicted octanol–water partition coefficient (Wildman–Crippen LogP) is 4.61. The number of thiazole rings is 1. The van der Waals surface area contributed by atoms with E-state index in [4.69, 9.17) is 11.6 Å². The van der Waals surface area contributed by atoms with Crippen LogP contribution in [0.1, 0.15) is 42.9 Å². The molecule has 1 aromatic heterocycles. The van der Waals surface area contributed by atoms with Crippen LogP contribution in [0.3, 0.4) is 0 Å². The maximum absolute atomic E-state index is 12.9. The predicted molar refractivity (Wildman–Crippen MR) is 75.1 cm³/mol. The van der Waals surface area contributed by atoms with E-state index in [-0.39, 0.29) is 19.0 Å². The van der Waals surface area contributed by atoms with E-state index in [2.05, 4.69) is 4.98 Å². The monoisotopic (exact) mass is 326 g/mol. The van der Waals surface area contributed by atoms with Gasteiger partial charge in [0.1, 0.15) is 5.01 Å². The van der Waals surface area contributed by atoms with E-state index in [1.54, 1.807) is 0 Å². The zero-order chi connectivity index (χ0) is 14.8. The smallest absolute Gasteiger partial charge is 0.293 e. The van der Waals surface area contributed by atoms with Crippen LogP contribution in [0.25, 0.3) is 0 Å². The molecular weight excluding hydrogens is 309 g/mol. The van der Waals surface area contributed by atoms with Crippen LogP contribution in [0.5, 0.6) is 0 Å². The molecule has 2 unspecified atom stereocenters. The van der Waals surface area contributed by atoms with Crippen LogP contribution in [0.15, 0.2) is 5.38 Å². The molecule has 1 saturated heterocycles. The molecule has 0 aliphatic carbocycles. The second-order valence-electron chi connectivity index (χ2n) is 5.11. The fourth-order valence-corrected chi connectivity index (χ4v) is 3.95. The van der Waals surface area contributed by atoms with Crippen LogP contribution in [0.2, 0.25) is 0 Å². The Hall–Kier alpha value is -0.330. The molecule has 1 aliphatic heterocycles. The van der Waals surface area contributed by atoms with Crippen molar-refractivity contribution in [3.63, 3.8) is 0 Å². The molecule has 7 heteroatoms. The highest BCUT2D eigenvalue weighted by molar-refractivity contribution is 7.09. The second kappa shape index (κ2) is 6.62. The first-order valence-corrected chi connectivity index (χ1v) is 8.18. The quantitative estimate of drug-likeness (QED) is 0.751. The van der Waals surface area contributed by atoms with Crippen LogP contribution < -0.4 is 0 Å². The Morgan fingerprint density at radius 2 is 2.30 bits per heavy atom. The number of halogens is 4. The van der Waals surface area contributed by atoms with Crippen molar-refractivity contribution in [1.29, 1.82) is 0 Å². The van der Waals surface area contributed by atoms with Gasteiger partial charge < -0.3 is 0 Å². The summed E-state index contributed by atoms with van der Waals surface area (Å²) in [4.78, 5) is 6.36. The number of alkyl halides is 4. The van der Waals surface area contributed by atoms with Crippen molar-refractivity contribution in [1.82, 2.24) is 9.88 Å². The van der Waals surface area contributed by atoms with E-state index in [1.165, 1.54) is 11.3 Å². The third-order valence-corrected chi connectivity index (χ3v) is 5.00. The molecule has 0 bridgehead atoms. The summed E-state index contributed by atoms with van der Waals surface area (Å²) in [6.45, 7) is 2.78. The SMILES string of the molecule is CCC(c1nc(CCl)cs1)N1CCCC(C(F)(F)F)C1. The van der Waals surface area contributed by atoms with Crippen molar-refractivity contribution < 1.29 is 13.2 Å². The average Bonchev–Trinajstić information content (AvgIpc) is 2.88. The highest BCUT2D eigenvalue weighted by Crippen LogP contribution is 2.37. The van der Waals surface area contributed by atoms with Gasteiger partial charge in [0.05, 0.1) is 23.5 Å². The summed E-state index contributed by atoms with van der Waals surface area (Å²) in [6.07, 6.45) is -2.50. The van der Waals surface area contributed by atoms with Crippen molar-refractivity contribution in [3.05, 3.63) is 16.1 Å². The number of rotatable bonds is 4. The van der Waals surface area contributed by atoms with Crippen molar-refractivity contribution in [3.8, 4) is 0 Å². The zero-order valence-electron chi connectivity index (χ0n) is 11.3. The molecule has 1 aromatic rings. The number of likely N-dealkylation sites (tertiary alicyclic amines) is 1. The van der Waals surface area contributed by atoms with Gasteiger partial charge in [0.15, 0.2) is 0 Å². The number of hydrogen-bond donors (Lipinski definition) is 0. The Kier molecular flexibility index (Phi) is 5.31. The maximum Gasteiger partial charge on any atom is 0.393 e. The molecule has 2 heterocycles. The van der Waals surface area contributed by atoms with E-state index < -0.39 is 12.1 Å². The molecule has 0 N–H and O–H groups in total. The first-order valence-electron chi connectivity index (χ1n) is 6.76. The number of nitrogens with zero attached hydrogens (tertiary/aromatic N) is 2. The van der Waals surface area contributed by atoms with Crippen LogP contribution in [0, 0.1) is 5.92 Å². The average molecular weight is 327 g/mol. The molecule has 1 aliphatic rings. The van der Waals surface area contributed by atoms with E-state index in [0.717, 1.165) is 17.1 Å². The van der Waals surface area contributed by atoms with Crippen molar-refractivity contribution >= 4 is 22.9 Å². The molecule has 114 valence electrons. The highest BCUT2D eigenvalue weighted by Gasteiger charge is 2.43. The lowest BCUT2D eigenvalue weighted by Gasteiger charge is -2.37. The number of hydrogen-bond acceptors (Lipinski definition) is 3.